The van der Waals surface area contributed by atoms with Crippen LogP contribution in [0.15, 0.2) is 60.7 Å². The quantitative estimate of drug-likeness (QED) is 0.863. The van der Waals surface area contributed by atoms with Gasteiger partial charge in [-0.1, -0.05) is 60.7 Å². The molecule has 1 heterocycles. The van der Waals surface area contributed by atoms with Crippen LogP contribution < -0.4 is 0 Å². The van der Waals surface area contributed by atoms with Crippen molar-refractivity contribution in [3.63, 3.8) is 0 Å². The van der Waals surface area contributed by atoms with Crippen LogP contribution in [0.4, 0.5) is 0 Å². The average Bonchev–Trinajstić information content (AvgIpc) is 2.62. The van der Waals surface area contributed by atoms with Gasteiger partial charge in [0.15, 0.2) is 0 Å². The monoisotopic (exact) mass is 339 g/mol. The zero-order chi connectivity index (χ0) is 17.7. The van der Waals surface area contributed by atoms with E-state index >= 15 is 0 Å². The maximum atomic E-state index is 10.2. The van der Waals surface area contributed by atoms with Gasteiger partial charge in [-0.15, -0.1) is 0 Å². The number of hydrogen-bond donors (Lipinski definition) is 1. The van der Waals surface area contributed by atoms with Crippen molar-refractivity contribution in [2.45, 2.75) is 57.5 Å². The van der Waals surface area contributed by atoms with Gasteiger partial charge in [-0.3, -0.25) is 4.90 Å². The number of ether oxygens (including phenoxy) is 1. The number of rotatable bonds is 6. The Balaban J connectivity index is 1.70. The lowest BCUT2D eigenvalue weighted by atomic mass is 9.92. The molecule has 134 valence electrons. The highest BCUT2D eigenvalue weighted by Crippen LogP contribution is 2.27. The summed E-state index contributed by atoms with van der Waals surface area (Å²) in [4.78, 5) is 2.51. The molecule has 2 atom stereocenters. The van der Waals surface area contributed by atoms with Crippen LogP contribution in [-0.2, 0) is 17.8 Å². The van der Waals surface area contributed by atoms with Gasteiger partial charge in [0.2, 0.25) is 0 Å². The number of nitrogens with zero attached hydrogens (tertiary/aromatic N) is 1. The second-order valence-electron chi connectivity index (χ2n) is 7.58. The number of benzene rings is 2. The van der Waals surface area contributed by atoms with E-state index in [1.807, 2.05) is 13.8 Å². The molecular formula is C22H29NO2. The molecule has 1 aliphatic heterocycles. The fourth-order valence-electron chi connectivity index (χ4n) is 3.53. The van der Waals surface area contributed by atoms with Gasteiger partial charge < -0.3 is 9.84 Å². The van der Waals surface area contributed by atoms with Gasteiger partial charge in [0.1, 0.15) is 0 Å². The predicted octanol–water partition coefficient (Wildman–Crippen LogP) is 4.01. The topological polar surface area (TPSA) is 32.7 Å². The molecule has 1 aliphatic rings. The van der Waals surface area contributed by atoms with Crippen LogP contribution in [0.3, 0.4) is 0 Å². The highest BCUT2D eigenvalue weighted by atomic mass is 16.5. The Morgan fingerprint density at radius 3 is 1.84 bits per heavy atom. The summed E-state index contributed by atoms with van der Waals surface area (Å²) < 4.78 is 6.02. The van der Waals surface area contributed by atoms with Gasteiger partial charge in [0, 0.05) is 19.1 Å². The Morgan fingerprint density at radius 2 is 1.44 bits per heavy atom. The third-order valence-corrected chi connectivity index (χ3v) is 5.01. The van der Waals surface area contributed by atoms with Crippen LogP contribution in [0.1, 0.15) is 37.8 Å². The summed E-state index contributed by atoms with van der Waals surface area (Å²) in [6.45, 7) is 6.18. The van der Waals surface area contributed by atoms with Crippen molar-refractivity contribution in [1.29, 1.82) is 0 Å². The lowest BCUT2D eigenvalue weighted by Crippen LogP contribution is -2.48. The summed E-state index contributed by atoms with van der Waals surface area (Å²) in [7, 11) is 0. The van der Waals surface area contributed by atoms with Gasteiger partial charge in [-0.05, 0) is 37.8 Å². The summed E-state index contributed by atoms with van der Waals surface area (Å²) >= 11 is 0. The van der Waals surface area contributed by atoms with Crippen molar-refractivity contribution in [2.24, 2.45) is 0 Å². The first kappa shape index (κ1) is 18.1. The van der Waals surface area contributed by atoms with Gasteiger partial charge in [-0.2, -0.15) is 0 Å². The van der Waals surface area contributed by atoms with Crippen molar-refractivity contribution in [3.8, 4) is 0 Å². The Hall–Kier alpha value is -1.68. The average molecular weight is 339 g/mol. The third kappa shape index (κ3) is 5.15. The minimum Gasteiger partial charge on any atom is -0.388 e. The highest BCUT2D eigenvalue weighted by molar-refractivity contribution is 5.17. The fraction of sp³-hybridized carbons (Fsp3) is 0.455. The Labute approximate surface area is 151 Å². The molecule has 3 nitrogen and oxygen atoms in total. The molecule has 0 radical (unpaired) electrons. The second kappa shape index (κ2) is 8.13. The Morgan fingerprint density at radius 1 is 0.920 bits per heavy atom. The molecular weight excluding hydrogens is 310 g/mol. The van der Waals surface area contributed by atoms with Crippen LogP contribution >= 0.6 is 0 Å². The van der Waals surface area contributed by atoms with E-state index in [0.29, 0.717) is 12.6 Å². The highest BCUT2D eigenvalue weighted by Gasteiger charge is 2.34. The zero-order valence-corrected chi connectivity index (χ0v) is 15.3. The van der Waals surface area contributed by atoms with E-state index < -0.39 is 5.60 Å². The zero-order valence-electron chi connectivity index (χ0n) is 15.3. The Bertz CT molecular complexity index is 587. The van der Waals surface area contributed by atoms with Gasteiger partial charge in [0.05, 0.1) is 18.3 Å². The smallest absolute Gasteiger partial charge is 0.0857 e. The molecule has 3 rings (SSSR count). The summed E-state index contributed by atoms with van der Waals surface area (Å²) in [5.41, 5.74) is 1.88. The first-order valence-corrected chi connectivity index (χ1v) is 9.18. The molecule has 0 spiro atoms. The van der Waals surface area contributed by atoms with E-state index in [2.05, 4.69) is 65.6 Å². The molecule has 0 aromatic heterocycles. The lowest BCUT2D eigenvalue weighted by Gasteiger charge is -2.40. The fourth-order valence-corrected chi connectivity index (χ4v) is 3.53. The van der Waals surface area contributed by atoms with Crippen LogP contribution in [0.5, 0.6) is 0 Å². The largest absolute Gasteiger partial charge is 0.388 e. The molecule has 3 heteroatoms. The van der Waals surface area contributed by atoms with Crippen LogP contribution in [0.2, 0.25) is 0 Å². The summed E-state index contributed by atoms with van der Waals surface area (Å²) in [5, 5.41) is 10.2. The SMILES string of the molecule is CC(C)(O)[C@@H]1CC[C@@H](N(Cc2ccccc2)Cc2ccccc2)CO1. The third-order valence-electron chi connectivity index (χ3n) is 5.01. The van der Waals surface area contributed by atoms with E-state index in [1.165, 1.54) is 11.1 Å². The van der Waals surface area contributed by atoms with E-state index in [-0.39, 0.29) is 6.10 Å². The maximum absolute atomic E-state index is 10.2. The second-order valence-corrected chi connectivity index (χ2v) is 7.58. The van der Waals surface area contributed by atoms with Crippen LogP contribution in [0.25, 0.3) is 0 Å². The molecule has 0 saturated carbocycles. The van der Waals surface area contributed by atoms with Gasteiger partial charge >= 0.3 is 0 Å². The maximum Gasteiger partial charge on any atom is 0.0857 e. The summed E-state index contributed by atoms with van der Waals surface area (Å²) in [5.74, 6) is 0. The molecule has 1 saturated heterocycles. The Kier molecular flexibility index (Phi) is 5.89. The molecule has 0 unspecified atom stereocenters. The van der Waals surface area contributed by atoms with Gasteiger partial charge in [0.25, 0.3) is 0 Å². The summed E-state index contributed by atoms with van der Waals surface area (Å²) in [6, 6.07) is 21.6. The van der Waals surface area contributed by atoms with Crippen molar-refractivity contribution >= 4 is 0 Å². The van der Waals surface area contributed by atoms with Crippen molar-refractivity contribution in [2.75, 3.05) is 6.61 Å². The van der Waals surface area contributed by atoms with Crippen molar-refractivity contribution in [3.05, 3.63) is 71.8 Å². The molecule has 0 aliphatic carbocycles. The standard InChI is InChI=1S/C22H29NO2/c1-22(2,24)21-14-13-20(17-25-21)23(15-18-9-5-3-6-10-18)16-19-11-7-4-8-12-19/h3-12,20-21,24H,13-17H2,1-2H3/t20-,21+/m1/s1. The van der Waals surface area contributed by atoms with Crippen LogP contribution in [0, 0.1) is 0 Å². The molecule has 0 amide bonds. The van der Waals surface area contributed by atoms with E-state index in [0.717, 1.165) is 25.9 Å². The lowest BCUT2D eigenvalue weighted by molar-refractivity contribution is -0.129. The first-order chi connectivity index (χ1) is 12.0. The summed E-state index contributed by atoms with van der Waals surface area (Å²) in [6.07, 6.45) is 1.88. The molecule has 2 aromatic carbocycles. The van der Waals surface area contributed by atoms with Crippen molar-refractivity contribution < 1.29 is 9.84 Å². The minimum atomic E-state index is -0.769. The van der Waals surface area contributed by atoms with E-state index in [9.17, 15) is 5.11 Å². The molecule has 0 bridgehead atoms. The van der Waals surface area contributed by atoms with Crippen LogP contribution in [-0.4, -0.2) is 34.4 Å². The minimum absolute atomic E-state index is 0.0703. The normalized spacial score (nSPS) is 21.4. The van der Waals surface area contributed by atoms with E-state index in [1.54, 1.807) is 0 Å². The molecule has 2 aromatic rings. The molecule has 25 heavy (non-hydrogen) atoms. The first-order valence-electron chi connectivity index (χ1n) is 9.18. The predicted molar refractivity (Wildman–Crippen MR) is 101 cm³/mol. The number of hydrogen-bond acceptors (Lipinski definition) is 3. The number of aliphatic hydroxyl groups is 1. The van der Waals surface area contributed by atoms with E-state index in [4.69, 9.17) is 4.74 Å². The molecule has 1 fully saturated rings. The molecule has 1 N–H and O–H groups in total. The van der Waals surface area contributed by atoms with Gasteiger partial charge in [-0.25, -0.2) is 0 Å². The van der Waals surface area contributed by atoms with Crippen molar-refractivity contribution in [1.82, 2.24) is 4.90 Å².